The molecule has 2 aromatic heterocycles. The average molecular weight is 649 g/mol. The average Bonchev–Trinajstić information content (AvgIpc) is 3.58. The molecule has 0 bridgehead atoms. The van der Waals surface area contributed by atoms with Gasteiger partial charge in [0, 0.05) is 11.8 Å². The molecule has 2 aliphatic rings. The fourth-order valence-electron chi connectivity index (χ4n) is 6.65. The predicted octanol–water partition coefficient (Wildman–Crippen LogP) is 8.63. The van der Waals surface area contributed by atoms with E-state index in [2.05, 4.69) is 138 Å². The van der Waals surface area contributed by atoms with Crippen molar-refractivity contribution < 1.29 is 9.59 Å². The molecular weight excluding hydrogens is 596 g/mol. The maximum atomic E-state index is 13.0. The van der Waals surface area contributed by atoms with E-state index in [1.807, 2.05) is 12.4 Å². The Morgan fingerprint density at radius 2 is 0.917 bits per heavy atom. The highest BCUT2D eigenvalue weighted by atomic mass is 16.2. The van der Waals surface area contributed by atoms with Crippen molar-refractivity contribution in [3.05, 3.63) is 72.6 Å². The minimum atomic E-state index is -0.216. The second-order valence-corrected chi connectivity index (χ2v) is 17.6. The molecule has 0 spiro atoms. The number of H-pyrrole nitrogens is 2. The van der Waals surface area contributed by atoms with Gasteiger partial charge in [0.1, 0.15) is 11.6 Å². The van der Waals surface area contributed by atoms with E-state index in [1.165, 1.54) is 0 Å². The Kier molecular flexibility index (Phi) is 8.24. The van der Waals surface area contributed by atoms with Crippen LogP contribution in [-0.2, 0) is 9.59 Å². The van der Waals surface area contributed by atoms with Gasteiger partial charge in [-0.2, -0.15) is 0 Å². The Balaban J connectivity index is 1.13. The SMILES string of the molecule is CC(C)(C)C(NC(=O)C1CC1(C)C)c1ncc(-c2ccc(-c3ccc(-c4cnc([C@@H](NC(=O)C5CC5(C)C)C(C)(C)C)[nH]4)cc3)cc2)[nH]1. The third-order valence-electron chi connectivity index (χ3n) is 10.4. The zero-order chi connectivity index (χ0) is 34.8. The van der Waals surface area contributed by atoms with Crippen molar-refractivity contribution in [2.45, 2.75) is 94.2 Å². The molecule has 2 saturated carbocycles. The van der Waals surface area contributed by atoms with Crippen LogP contribution < -0.4 is 10.6 Å². The monoisotopic (exact) mass is 648 g/mol. The number of aromatic nitrogens is 4. The van der Waals surface area contributed by atoms with Crippen LogP contribution in [0.3, 0.4) is 0 Å². The summed E-state index contributed by atoms with van der Waals surface area (Å²) in [6, 6.07) is 16.4. The summed E-state index contributed by atoms with van der Waals surface area (Å²) in [5.41, 5.74) is 5.89. The molecule has 48 heavy (non-hydrogen) atoms. The van der Waals surface area contributed by atoms with Gasteiger partial charge in [-0.1, -0.05) is 118 Å². The number of rotatable bonds is 9. The molecule has 0 radical (unpaired) electrons. The first-order valence-electron chi connectivity index (χ1n) is 17.3. The van der Waals surface area contributed by atoms with E-state index in [0.717, 1.165) is 58.1 Å². The Morgan fingerprint density at radius 3 is 1.19 bits per heavy atom. The summed E-state index contributed by atoms with van der Waals surface area (Å²) in [7, 11) is 0. The molecule has 0 aliphatic heterocycles. The smallest absolute Gasteiger partial charge is 0.224 e. The number of carbonyl (C=O) groups excluding carboxylic acids is 2. The van der Waals surface area contributed by atoms with Crippen LogP contribution in [0, 0.1) is 33.5 Å². The zero-order valence-electron chi connectivity index (χ0n) is 30.2. The van der Waals surface area contributed by atoms with Crippen LogP contribution in [0.4, 0.5) is 0 Å². The number of nitrogens with zero attached hydrogens (tertiary/aromatic N) is 2. The highest BCUT2D eigenvalue weighted by Gasteiger charge is 2.52. The first-order valence-corrected chi connectivity index (χ1v) is 17.3. The van der Waals surface area contributed by atoms with Gasteiger partial charge >= 0.3 is 0 Å². The van der Waals surface area contributed by atoms with Gasteiger partial charge in [0.05, 0.1) is 35.9 Å². The summed E-state index contributed by atoms with van der Waals surface area (Å²) in [5.74, 6) is 1.89. The summed E-state index contributed by atoms with van der Waals surface area (Å²) >= 11 is 0. The van der Waals surface area contributed by atoms with Crippen LogP contribution in [0.15, 0.2) is 60.9 Å². The third kappa shape index (κ3) is 6.99. The van der Waals surface area contributed by atoms with Gasteiger partial charge in [0.15, 0.2) is 0 Å². The quantitative estimate of drug-likeness (QED) is 0.145. The number of hydrogen-bond acceptors (Lipinski definition) is 4. The molecular formula is C40H52N6O2. The van der Waals surface area contributed by atoms with Crippen LogP contribution in [0.1, 0.15) is 106 Å². The Bertz CT molecular complexity index is 1660. The zero-order valence-corrected chi connectivity index (χ0v) is 30.2. The molecule has 2 heterocycles. The van der Waals surface area contributed by atoms with Crippen molar-refractivity contribution >= 4 is 11.8 Å². The lowest BCUT2D eigenvalue weighted by Gasteiger charge is -2.30. The normalized spacial score (nSPS) is 20.9. The van der Waals surface area contributed by atoms with Gasteiger partial charge in [-0.25, -0.2) is 9.97 Å². The molecule has 2 amide bonds. The Hall–Kier alpha value is -4.20. The fraction of sp³-hybridized carbons (Fsp3) is 0.500. The van der Waals surface area contributed by atoms with Crippen LogP contribution in [-0.4, -0.2) is 31.8 Å². The lowest BCUT2D eigenvalue weighted by Crippen LogP contribution is -2.38. The summed E-state index contributed by atoms with van der Waals surface area (Å²) in [6.07, 6.45) is 5.56. The van der Waals surface area contributed by atoms with E-state index >= 15 is 0 Å². The molecule has 8 nitrogen and oxygen atoms in total. The van der Waals surface area contributed by atoms with Gasteiger partial charge in [-0.05, 0) is 56.8 Å². The lowest BCUT2D eigenvalue weighted by molar-refractivity contribution is -0.125. The minimum absolute atomic E-state index is 0.0648. The largest absolute Gasteiger partial charge is 0.345 e. The summed E-state index contributed by atoms with van der Waals surface area (Å²) < 4.78 is 0. The predicted molar refractivity (Wildman–Crippen MR) is 191 cm³/mol. The number of benzene rings is 2. The Labute approximate surface area is 285 Å². The summed E-state index contributed by atoms with van der Waals surface area (Å²) in [5, 5.41) is 6.55. The summed E-state index contributed by atoms with van der Waals surface area (Å²) in [6.45, 7) is 21.3. The van der Waals surface area contributed by atoms with Crippen molar-refractivity contribution in [2.24, 2.45) is 33.5 Å². The standard InChI is InChI=1S/C40H52N6O2/c1-37(2,3)31(45-35(47)27-19-39(27,7)8)33-41-21-29(43-33)25-15-11-23(12-16-25)24-13-17-26(18-14-24)30-22-42-34(44-30)32(38(4,5)6)46-36(48)28-20-40(28,9)10/h11-18,21-22,27-28,31-32H,19-20H2,1-10H3,(H,41,43)(H,42,44)(H,45,47)(H,46,48)/t27?,28?,31-,32?/m1/s1. The van der Waals surface area contributed by atoms with Gasteiger partial charge in [-0.3, -0.25) is 9.59 Å². The van der Waals surface area contributed by atoms with Crippen LogP contribution in [0.5, 0.6) is 0 Å². The van der Waals surface area contributed by atoms with Crippen molar-refractivity contribution in [1.29, 1.82) is 0 Å². The molecule has 2 fully saturated rings. The van der Waals surface area contributed by atoms with Crippen molar-refractivity contribution in [1.82, 2.24) is 30.6 Å². The molecule has 254 valence electrons. The topological polar surface area (TPSA) is 116 Å². The van der Waals surface area contributed by atoms with Crippen molar-refractivity contribution in [2.75, 3.05) is 0 Å². The van der Waals surface area contributed by atoms with E-state index in [4.69, 9.17) is 9.97 Å². The van der Waals surface area contributed by atoms with Crippen LogP contribution in [0.2, 0.25) is 0 Å². The van der Waals surface area contributed by atoms with E-state index < -0.39 is 0 Å². The maximum absolute atomic E-state index is 13.0. The van der Waals surface area contributed by atoms with Gasteiger partial charge in [0.25, 0.3) is 0 Å². The van der Waals surface area contributed by atoms with Crippen LogP contribution in [0.25, 0.3) is 33.6 Å². The molecule has 4 aromatic rings. The first-order chi connectivity index (χ1) is 22.3. The lowest BCUT2D eigenvalue weighted by atomic mass is 9.86. The van der Waals surface area contributed by atoms with Gasteiger partial charge in [0.2, 0.25) is 11.8 Å². The fourth-order valence-corrected chi connectivity index (χ4v) is 6.65. The Morgan fingerprint density at radius 1 is 0.625 bits per heavy atom. The minimum Gasteiger partial charge on any atom is -0.345 e. The number of carbonyl (C=O) groups is 2. The number of imidazole rings is 2. The first kappa shape index (κ1) is 33.7. The van der Waals surface area contributed by atoms with Gasteiger partial charge < -0.3 is 20.6 Å². The molecule has 2 aromatic carbocycles. The molecule has 3 unspecified atom stereocenters. The van der Waals surface area contributed by atoms with E-state index in [9.17, 15) is 9.59 Å². The molecule has 4 atom stereocenters. The second kappa shape index (κ2) is 11.7. The maximum Gasteiger partial charge on any atom is 0.224 e. The molecule has 8 heteroatoms. The number of hydrogen-bond donors (Lipinski definition) is 4. The second-order valence-electron chi connectivity index (χ2n) is 17.6. The molecule has 6 rings (SSSR count). The van der Waals surface area contributed by atoms with E-state index in [0.29, 0.717) is 0 Å². The number of nitrogens with one attached hydrogen (secondary N) is 4. The highest BCUT2D eigenvalue weighted by molar-refractivity contribution is 5.83. The highest BCUT2D eigenvalue weighted by Crippen LogP contribution is 2.53. The van der Waals surface area contributed by atoms with Crippen LogP contribution >= 0.6 is 0 Å². The van der Waals surface area contributed by atoms with E-state index in [1.54, 1.807) is 0 Å². The van der Waals surface area contributed by atoms with Crippen molar-refractivity contribution in [3.63, 3.8) is 0 Å². The van der Waals surface area contributed by atoms with Crippen molar-refractivity contribution in [3.8, 4) is 33.6 Å². The molecule has 4 N–H and O–H groups in total. The number of amides is 2. The molecule has 2 aliphatic carbocycles. The third-order valence-corrected chi connectivity index (χ3v) is 10.4. The van der Waals surface area contributed by atoms with E-state index in [-0.39, 0.29) is 57.4 Å². The van der Waals surface area contributed by atoms with Gasteiger partial charge in [-0.15, -0.1) is 0 Å². The molecule has 0 saturated heterocycles. The number of aromatic amines is 2. The summed E-state index contributed by atoms with van der Waals surface area (Å²) in [4.78, 5) is 42.3.